The van der Waals surface area contributed by atoms with Gasteiger partial charge in [0, 0.05) is 24.2 Å². The van der Waals surface area contributed by atoms with E-state index in [0.717, 1.165) is 34.5 Å². The summed E-state index contributed by atoms with van der Waals surface area (Å²) in [5, 5.41) is 0. The Labute approximate surface area is 161 Å². The molecule has 28 heavy (non-hydrogen) atoms. The molecule has 3 aromatic rings. The molecule has 0 N–H and O–H groups in total. The SMILES string of the molecule is CCn1c(=NC(=O)c2ccc(C(F)(F)F)cc2)sc2cc3c(cc21)OCCO3. The Hall–Kier alpha value is -2.81. The lowest BCUT2D eigenvalue weighted by molar-refractivity contribution is -0.137. The third-order valence-electron chi connectivity index (χ3n) is 4.32. The smallest absolute Gasteiger partial charge is 0.416 e. The van der Waals surface area contributed by atoms with Gasteiger partial charge in [-0.3, -0.25) is 4.79 Å². The number of hydrogen-bond donors (Lipinski definition) is 0. The van der Waals surface area contributed by atoms with Crippen LogP contribution in [-0.2, 0) is 12.7 Å². The lowest BCUT2D eigenvalue weighted by atomic mass is 10.1. The molecule has 0 saturated heterocycles. The first-order valence-electron chi connectivity index (χ1n) is 8.56. The highest BCUT2D eigenvalue weighted by atomic mass is 32.1. The summed E-state index contributed by atoms with van der Waals surface area (Å²) in [4.78, 5) is 17.1. The Morgan fingerprint density at radius 1 is 1.14 bits per heavy atom. The third kappa shape index (κ3) is 3.37. The van der Waals surface area contributed by atoms with Crippen LogP contribution in [0.25, 0.3) is 10.2 Å². The van der Waals surface area contributed by atoms with E-state index in [2.05, 4.69) is 4.99 Å². The number of alkyl halides is 3. The molecule has 0 fully saturated rings. The minimum absolute atomic E-state index is 0.0964. The highest BCUT2D eigenvalue weighted by molar-refractivity contribution is 7.16. The molecular weight excluding hydrogens is 393 g/mol. The van der Waals surface area contributed by atoms with Crippen molar-refractivity contribution >= 4 is 27.5 Å². The van der Waals surface area contributed by atoms with Crippen LogP contribution in [0.3, 0.4) is 0 Å². The van der Waals surface area contributed by atoms with Crippen LogP contribution in [0.15, 0.2) is 41.4 Å². The van der Waals surface area contributed by atoms with Crippen LogP contribution in [0.5, 0.6) is 11.5 Å². The standard InChI is InChI=1S/C19H15F3N2O3S/c1-2-24-13-9-14-15(27-8-7-26-14)10-16(13)28-18(24)23-17(25)11-3-5-12(6-4-11)19(20,21)22/h3-6,9-10H,2,7-8H2,1H3. The minimum atomic E-state index is -4.45. The van der Waals surface area contributed by atoms with Crippen LogP contribution < -0.4 is 14.3 Å². The second-order valence-corrected chi connectivity index (χ2v) is 7.09. The van der Waals surface area contributed by atoms with E-state index in [1.54, 1.807) is 0 Å². The van der Waals surface area contributed by atoms with Crippen molar-refractivity contribution in [3.8, 4) is 11.5 Å². The van der Waals surface area contributed by atoms with Gasteiger partial charge in [0.2, 0.25) is 0 Å². The monoisotopic (exact) mass is 408 g/mol. The second kappa shape index (κ2) is 6.97. The summed E-state index contributed by atoms with van der Waals surface area (Å²) in [7, 11) is 0. The van der Waals surface area contributed by atoms with Crippen LogP contribution in [0, 0.1) is 0 Å². The van der Waals surface area contributed by atoms with E-state index in [1.807, 2.05) is 23.6 Å². The lowest BCUT2D eigenvalue weighted by Crippen LogP contribution is -2.17. The average molecular weight is 408 g/mol. The number of ether oxygens (including phenoxy) is 2. The Bertz CT molecular complexity index is 1110. The molecule has 0 aliphatic carbocycles. The molecule has 0 atom stereocenters. The van der Waals surface area contributed by atoms with Gasteiger partial charge >= 0.3 is 6.18 Å². The van der Waals surface area contributed by atoms with E-state index in [0.29, 0.717) is 36.1 Å². The van der Waals surface area contributed by atoms with Crippen molar-refractivity contribution < 1.29 is 27.4 Å². The van der Waals surface area contributed by atoms with Crippen molar-refractivity contribution in [3.05, 3.63) is 52.3 Å². The number of aromatic nitrogens is 1. The summed E-state index contributed by atoms with van der Waals surface area (Å²) in [5.41, 5.74) is 0.148. The minimum Gasteiger partial charge on any atom is -0.486 e. The van der Waals surface area contributed by atoms with Gasteiger partial charge < -0.3 is 14.0 Å². The number of rotatable bonds is 2. The number of halogens is 3. The quantitative estimate of drug-likeness (QED) is 0.637. The van der Waals surface area contributed by atoms with Gasteiger partial charge in [-0.1, -0.05) is 11.3 Å². The largest absolute Gasteiger partial charge is 0.486 e. The Morgan fingerprint density at radius 3 is 2.39 bits per heavy atom. The van der Waals surface area contributed by atoms with Crippen LogP contribution >= 0.6 is 11.3 Å². The molecule has 1 aliphatic rings. The van der Waals surface area contributed by atoms with Crippen LogP contribution in [0.4, 0.5) is 13.2 Å². The van der Waals surface area contributed by atoms with E-state index >= 15 is 0 Å². The van der Waals surface area contributed by atoms with E-state index < -0.39 is 17.6 Å². The molecule has 0 saturated carbocycles. The van der Waals surface area contributed by atoms with Gasteiger partial charge in [-0.25, -0.2) is 0 Å². The highest BCUT2D eigenvalue weighted by Crippen LogP contribution is 2.35. The maximum Gasteiger partial charge on any atom is 0.416 e. The molecule has 2 aromatic carbocycles. The highest BCUT2D eigenvalue weighted by Gasteiger charge is 2.30. The average Bonchev–Trinajstić information content (AvgIpc) is 3.01. The second-order valence-electron chi connectivity index (χ2n) is 6.08. The van der Waals surface area contributed by atoms with Gasteiger partial charge in [0.25, 0.3) is 5.91 Å². The van der Waals surface area contributed by atoms with Crippen LogP contribution in [-0.4, -0.2) is 23.7 Å². The summed E-state index contributed by atoms with van der Waals surface area (Å²) < 4.78 is 52.0. The zero-order chi connectivity index (χ0) is 19.9. The van der Waals surface area contributed by atoms with E-state index in [-0.39, 0.29) is 5.56 Å². The van der Waals surface area contributed by atoms with Crippen LogP contribution in [0.2, 0.25) is 0 Å². The number of fused-ring (bicyclic) bond motifs is 2. The van der Waals surface area contributed by atoms with Crippen LogP contribution in [0.1, 0.15) is 22.8 Å². The van der Waals surface area contributed by atoms with E-state index in [9.17, 15) is 18.0 Å². The maximum atomic E-state index is 12.7. The van der Waals surface area contributed by atoms with Gasteiger partial charge in [0.15, 0.2) is 16.3 Å². The zero-order valence-corrected chi connectivity index (χ0v) is 15.6. The number of carbonyl (C=O) groups excluding carboxylic acids is 1. The molecule has 5 nitrogen and oxygen atoms in total. The number of benzene rings is 2. The van der Waals surface area contributed by atoms with Gasteiger partial charge in [-0.05, 0) is 31.2 Å². The molecule has 4 rings (SSSR count). The van der Waals surface area contributed by atoms with Crippen molar-refractivity contribution in [2.24, 2.45) is 4.99 Å². The zero-order valence-electron chi connectivity index (χ0n) is 14.7. The molecule has 0 unspecified atom stereocenters. The number of nitrogens with zero attached hydrogens (tertiary/aromatic N) is 2. The maximum absolute atomic E-state index is 12.7. The van der Waals surface area contributed by atoms with Crippen molar-refractivity contribution in [2.75, 3.05) is 13.2 Å². The van der Waals surface area contributed by atoms with Gasteiger partial charge in [-0.2, -0.15) is 18.2 Å². The number of thiazole rings is 1. The molecular formula is C19H15F3N2O3S. The number of amides is 1. The first-order chi connectivity index (χ1) is 13.4. The molecule has 0 radical (unpaired) electrons. The molecule has 0 bridgehead atoms. The third-order valence-corrected chi connectivity index (χ3v) is 5.36. The molecule has 1 amide bonds. The van der Waals surface area contributed by atoms with Gasteiger partial charge in [-0.15, -0.1) is 0 Å². The Morgan fingerprint density at radius 2 is 1.79 bits per heavy atom. The predicted octanol–water partition coefficient (Wildman–Crippen LogP) is 4.25. The Kier molecular flexibility index (Phi) is 4.62. The summed E-state index contributed by atoms with van der Waals surface area (Å²) in [6, 6.07) is 7.74. The fourth-order valence-electron chi connectivity index (χ4n) is 2.95. The first-order valence-corrected chi connectivity index (χ1v) is 9.38. The molecule has 146 valence electrons. The lowest BCUT2D eigenvalue weighted by Gasteiger charge is -2.18. The Balaban J connectivity index is 1.75. The summed E-state index contributed by atoms with van der Waals surface area (Å²) >= 11 is 1.31. The normalized spacial score (nSPS) is 14.5. The fraction of sp³-hybridized carbons (Fsp3) is 0.263. The molecule has 2 heterocycles. The topological polar surface area (TPSA) is 52.8 Å². The summed E-state index contributed by atoms with van der Waals surface area (Å²) in [6.07, 6.45) is -4.45. The predicted molar refractivity (Wildman–Crippen MR) is 97.8 cm³/mol. The summed E-state index contributed by atoms with van der Waals surface area (Å²) in [5.74, 6) is 0.683. The molecule has 1 aromatic heterocycles. The van der Waals surface area contributed by atoms with E-state index in [1.165, 1.54) is 11.3 Å². The number of hydrogen-bond acceptors (Lipinski definition) is 4. The van der Waals surface area contributed by atoms with Crippen molar-refractivity contribution in [1.29, 1.82) is 0 Å². The van der Waals surface area contributed by atoms with Gasteiger partial charge in [0.05, 0.1) is 15.8 Å². The van der Waals surface area contributed by atoms with Crippen molar-refractivity contribution in [1.82, 2.24) is 4.57 Å². The fourth-order valence-corrected chi connectivity index (χ4v) is 4.05. The van der Waals surface area contributed by atoms with E-state index in [4.69, 9.17) is 9.47 Å². The van der Waals surface area contributed by atoms with Gasteiger partial charge in [0.1, 0.15) is 13.2 Å². The molecule has 0 spiro atoms. The van der Waals surface area contributed by atoms with Crippen molar-refractivity contribution in [2.45, 2.75) is 19.6 Å². The number of carbonyl (C=O) groups is 1. The first kappa shape index (κ1) is 18.5. The van der Waals surface area contributed by atoms with Crippen molar-refractivity contribution in [3.63, 3.8) is 0 Å². The molecule has 1 aliphatic heterocycles. The number of aryl methyl sites for hydroxylation is 1. The molecule has 9 heteroatoms. The summed E-state index contributed by atoms with van der Waals surface area (Å²) in [6.45, 7) is 3.43.